The van der Waals surface area contributed by atoms with Crippen LogP contribution in [0.15, 0.2) is 18.2 Å². The van der Waals surface area contributed by atoms with Crippen molar-refractivity contribution < 1.29 is 14.3 Å². The monoisotopic (exact) mass is 252 g/mol. The average molecular weight is 252 g/mol. The SMILES string of the molecule is COc1cc(N)cc(N(C)C(=O)OC(C)(C)C)c1. The molecule has 0 aliphatic rings. The molecular formula is C13H20N2O3. The second-order valence-electron chi connectivity index (χ2n) is 5.00. The minimum atomic E-state index is -0.532. The van der Waals surface area contributed by atoms with E-state index in [0.717, 1.165) is 0 Å². The maximum Gasteiger partial charge on any atom is 0.414 e. The summed E-state index contributed by atoms with van der Waals surface area (Å²) in [6, 6.07) is 5.10. The quantitative estimate of drug-likeness (QED) is 0.822. The standard InChI is InChI=1S/C13H20N2O3/c1-13(2,3)18-12(16)15(4)10-6-9(14)7-11(8-10)17-5/h6-8H,14H2,1-5H3. The van der Waals surface area contributed by atoms with Crippen LogP contribution >= 0.6 is 0 Å². The summed E-state index contributed by atoms with van der Waals surface area (Å²) in [7, 11) is 3.17. The van der Waals surface area contributed by atoms with Gasteiger partial charge in [0.05, 0.1) is 12.8 Å². The van der Waals surface area contributed by atoms with Gasteiger partial charge in [-0.2, -0.15) is 0 Å². The Morgan fingerprint density at radius 3 is 2.39 bits per heavy atom. The molecule has 1 aromatic carbocycles. The lowest BCUT2D eigenvalue weighted by Gasteiger charge is -2.25. The Labute approximate surface area is 107 Å². The van der Waals surface area contributed by atoms with Crippen molar-refractivity contribution in [1.82, 2.24) is 0 Å². The molecule has 0 saturated carbocycles. The van der Waals surface area contributed by atoms with E-state index in [4.69, 9.17) is 15.2 Å². The van der Waals surface area contributed by atoms with Gasteiger partial charge in [-0.05, 0) is 26.8 Å². The molecule has 0 unspecified atom stereocenters. The smallest absolute Gasteiger partial charge is 0.414 e. The zero-order valence-electron chi connectivity index (χ0n) is 11.5. The Kier molecular flexibility index (Phi) is 4.06. The van der Waals surface area contributed by atoms with Crippen LogP contribution in [0.3, 0.4) is 0 Å². The number of rotatable bonds is 2. The molecule has 0 bridgehead atoms. The van der Waals surface area contributed by atoms with Gasteiger partial charge in [0.15, 0.2) is 0 Å². The number of carbonyl (C=O) groups excluding carboxylic acids is 1. The second kappa shape index (κ2) is 5.16. The Hall–Kier alpha value is -1.91. The van der Waals surface area contributed by atoms with E-state index >= 15 is 0 Å². The van der Waals surface area contributed by atoms with E-state index in [1.807, 2.05) is 20.8 Å². The first kappa shape index (κ1) is 14.2. The first-order chi connectivity index (χ1) is 8.23. The summed E-state index contributed by atoms with van der Waals surface area (Å²) in [5.41, 5.74) is 6.36. The van der Waals surface area contributed by atoms with Gasteiger partial charge >= 0.3 is 6.09 Å². The fraction of sp³-hybridized carbons (Fsp3) is 0.462. The summed E-state index contributed by atoms with van der Waals surface area (Å²) < 4.78 is 10.4. The zero-order chi connectivity index (χ0) is 13.9. The van der Waals surface area contributed by atoms with Crippen molar-refractivity contribution in [2.24, 2.45) is 0 Å². The van der Waals surface area contributed by atoms with Gasteiger partial charge in [0.1, 0.15) is 11.4 Å². The van der Waals surface area contributed by atoms with Crippen LogP contribution in [0.1, 0.15) is 20.8 Å². The molecule has 18 heavy (non-hydrogen) atoms. The van der Waals surface area contributed by atoms with Crippen molar-refractivity contribution in [3.8, 4) is 5.75 Å². The number of nitrogens with zero attached hydrogens (tertiary/aromatic N) is 1. The highest BCUT2D eigenvalue weighted by Gasteiger charge is 2.21. The molecule has 0 aliphatic heterocycles. The Balaban J connectivity index is 2.93. The lowest BCUT2D eigenvalue weighted by Crippen LogP contribution is -2.34. The third kappa shape index (κ3) is 3.84. The van der Waals surface area contributed by atoms with Crippen LogP contribution in [-0.2, 0) is 4.74 Å². The summed E-state index contributed by atoms with van der Waals surface area (Å²) in [6.45, 7) is 5.45. The summed E-state index contributed by atoms with van der Waals surface area (Å²) in [5.74, 6) is 0.598. The van der Waals surface area contributed by atoms with E-state index in [1.54, 1.807) is 32.4 Å². The Morgan fingerprint density at radius 1 is 1.28 bits per heavy atom. The van der Waals surface area contributed by atoms with E-state index in [9.17, 15) is 4.79 Å². The van der Waals surface area contributed by atoms with Crippen molar-refractivity contribution >= 4 is 17.5 Å². The molecule has 0 spiro atoms. The molecule has 0 aromatic heterocycles. The van der Waals surface area contributed by atoms with Gasteiger partial charge in [0.2, 0.25) is 0 Å². The Bertz CT molecular complexity index is 438. The van der Waals surface area contributed by atoms with Gasteiger partial charge in [0.25, 0.3) is 0 Å². The van der Waals surface area contributed by atoms with Gasteiger partial charge in [-0.1, -0.05) is 0 Å². The van der Waals surface area contributed by atoms with E-state index in [0.29, 0.717) is 17.1 Å². The van der Waals surface area contributed by atoms with Crippen molar-refractivity contribution in [1.29, 1.82) is 0 Å². The van der Waals surface area contributed by atoms with Gasteiger partial charge < -0.3 is 15.2 Å². The lowest BCUT2D eigenvalue weighted by atomic mass is 10.2. The minimum Gasteiger partial charge on any atom is -0.497 e. The molecule has 100 valence electrons. The van der Waals surface area contributed by atoms with Crippen LogP contribution < -0.4 is 15.4 Å². The predicted octanol–water partition coefficient (Wildman–Crippen LogP) is 2.65. The van der Waals surface area contributed by atoms with E-state index < -0.39 is 11.7 Å². The fourth-order valence-electron chi connectivity index (χ4n) is 1.35. The molecule has 0 aliphatic carbocycles. The zero-order valence-corrected chi connectivity index (χ0v) is 11.5. The normalized spacial score (nSPS) is 10.9. The number of hydrogen-bond donors (Lipinski definition) is 1. The number of anilines is 2. The van der Waals surface area contributed by atoms with Crippen LogP contribution in [0, 0.1) is 0 Å². The van der Waals surface area contributed by atoms with Crippen molar-refractivity contribution in [3.63, 3.8) is 0 Å². The summed E-state index contributed by atoms with van der Waals surface area (Å²) >= 11 is 0. The number of benzene rings is 1. The predicted molar refractivity (Wildman–Crippen MR) is 72.0 cm³/mol. The van der Waals surface area contributed by atoms with Gasteiger partial charge in [-0.25, -0.2) is 4.79 Å². The topological polar surface area (TPSA) is 64.8 Å². The molecule has 0 atom stereocenters. The molecule has 5 nitrogen and oxygen atoms in total. The minimum absolute atomic E-state index is 0.435. The summed E-state index contributed by atoms with van der Waals surface area (Å²) in [6.07, 6.45) is -0.435. The average Bonchev–Trinajstić information content (AvgIpc) is 2.24. The van der Waals surface area contributed by atoms with Crippen LogP contribution in [0.25, 0.3) is 0 Å². The highest BCUT2D eigenvalue weighted by atomic mass is 16.6. The number of carbonyl (C=O) groups is 1. The molecule has 0 radical (unpaired) electrons. The molecule has 5 heteroatoms. The van der Waals surface area contributed by atoms with E-state index in [2.05, 4.69) is 0 Å². The third-order valence-corrected chi connectivity index (χ3v) is 2.20. The molecule has 2 N–H and O–H groups in total. The highest BCUT2D eigenvalue weighted by Crippen LogP contribution is 2.25. The Morgan fingerprint density at radius 2 is 1.89 bits per heavy atom. The molecule has 1 rings (SSSR count). The molecule has 1 amide bonds. The van der Waals surface area contributed by atoms with Crippen LogP contribution in [0.2, 0.25) is 0 Å². The molecule has 0 fully saturated rings. The summed E-state index contributed by atoms with van der Waals surface area (Å²) in [5, 5.41) is 0. The summed E-state index contributed by atoms with van der Waals surface area (Å²) in [4.78, 5) is 13.3. The number of hydrogen-bond acceptors (Lipinski definition) is 4. The van der Waals surface area contributed by atoms with Gasteiger partial charge in [0, 0.05) is 24.9 Å². The van der Waals surface area contributed by atoms with Crippen molar-refractivity contribution in [2.45, 2.75) is 26.4 Å². The highest BCUT2D eigenvalue weighted by molar-refractivity contribution is 5.88. The maximum atomic E-state index is 11.9. The first-order valence-electron chi connectivity index (χ1n) is 5.64. The number of nitrogens with two attached hydrogens (primary N) is 1. The lowest BCUT2D eigenvalue weighted by molar-refractivity contribution is 0.0589. The van der Waals surface area contributed by atoms with Crippen LogP contribution in [-0.4, -0.2) is 25.9 Å². The molecular weight excluding hydrogens is 232 g/mol. The maximum absolute atomic E-state index is 11.9. The second-order valence-corrected chi connectivity index (χ2v) is 5.00. The van der Waals surface area contributed by atoms with Crippen LogP contribution in [0.5, 0.6) is 5.75 Å². The number of methoxy groups -OCH3 is 1. The third-order valence-electron chi connectivity index (χ3n) is 2.20. The van der Waals surface area contributed by atoms with Crippen molar-refractivity contribution in [2.75, 3.05) is 24.8 Å². The largest absolute Gasteiger partial charge is 0.497 e. The van der Waals surface area contributed by atoms with Gasteiger partial charge in [-0.3, -0.25) is 4.90 Å². The number of amides is 1. The van der Waals surface area contributed by atoms with Gasteiger partial charge in [-0.15, -0.1) is 0 Å². The first-order valence-corrected chi connectivity index (χ1v) is 5.64. The van der Waals surface area contributed by atoms with E-state index in [1.165, 1.54) is 4.90 Å². The van der Waals surface area contributed by atoms with Crippen molar-refractivity contribution in [3.05, 3.63) is 18.2 Å². The number of ether oxygens (including phenoxy) is 2. The van der Waals surface area contributed by atoms with E-state index in [-0.39, 0.29) is 0 Å². The molecule has 1 aromatic rings. The number of nitrogen functional groups attached to an aromatic ring is 1. The molecule has 0 heterocycles. The molecule has 0 saturated heterocycles. The fourth-order valence-corrected chi connectivity index (χ4v) is 1.35. The van der Waals surface area contributed by atoms with Crippen LogP contribution in [0.4, 0.5) is 16.2 Å².